The lowest BCUT2D eigenvalue weighted by Crippen LogP contribution is -2.31. The van der Waals surface area contributed by atoms with Gasteiger partial charge < -0.3 is 15.2 Å². The molecule has 1 heterocycles. The SMILES string of the molecule is CN(Cc1cc(=O)[nH]c2ccccc12)C(=O)Nc1cccc(C(F)(F)F)c1. The van der Waals surface area contributed by atoms with E-state index < -0.39 is 17.8 Å². The van der Waals surface area contributed by atoms with E-state index in [0.717, 1.165) is 17.5 Å². The van der Waals surface area contributed by atoms with Gasteiger partial charge in [-0.25, -0.2) is 4.79 Å². The lowest BCUT2D eigenvalue weighted by molar-refractivity contribution is -0.137. The van der Waals surface area contributed by atoms with E-state index in [9.17, 15) is 22.8 Å². The first kappa shape index (κ1) is 18.5. The molecule has 0 aliphatic rings. The number of nitrogens with zero attached hydrogens (tertiary/aromatic N) is 1. The van der Waals surface area contributed by atoms with Gasteiger partial charge in [-0.05, 0) is 29.8 Å². The molecule has 8 heteroatoms. The molecule has 27 heavy (non-hydrogen) atoms. The maximum Gasteiger partial charge on any atom is 0.416 e. The van der Waals surface area contributed by atoms with Crippen LogP contribution in [0.1, 0.15) is 11.1 Å². The number of halogens is 3. The number of aromatic amines is 1. The average Bonchev–Trinajstić information content (AvgIpc) is 2.61. The summed E-state index contributed by atoms with van der Waals surface area (Å²) >= 11 is 0. The lowest BCUT2D eigenvalue weighted by atomic mass is 10.1. The number of hydrogen-bond acceptors (Lipinski definition) is 2. The fourth-order valence-electron chi connectivity index (χ4n) is 2.73. The number of para-hydroxylation sites is 1. The van der Waals surface area contributed by atoms with Gasteiger partial charge in [0.1, 0.15) is 0 Å². The van der Waals surface area contributed by atoms with Gasteiger partial charge in [-0.3, -0.25) is 4.79 Å². The highest BCUT2D eigenvalue weighted by Crippen LogP contribution is 2.30. The number of pyridine rings is 1. The lowest BCUT2D eigenvalue weighted by Gasteiger charge is -2.19. The number of anilines is 1. The van der Waals surface area contributed by atoms with Crippen molar-refractivity contribution in [3.8, 4) is 0 Å². The van der Waals surface area contributed by atoms with Gasteiger partial charge in [0.05, 0.1) is 5.56 Å². The Morgan fingerprint density at radius 1 is 1.11 bits per heavy atom. The molecular weight excluding hydrogens is 359 g/mol. The Bertz CT molecular complexity index is 1040. The molecule has 0 aliphatic heterocycles. The van der Waals surface area contributed by atoms with E-state index in [2.05, 4.69) is 10.3 Å². The minimum atomic E-state index is -4.49. The number of fused-ring (bicyclic) bond motifs is 1. The summed E-state index contributed by atoms with van der Waals surface area (Å²) in [4.78, 5) is 28.1. The molecule has 2 amide bonds. The number of amides is 2. The molecular formula is C19H16F3N3O2. The predicted molar refractivity (Wildman–Crippen MR) is 96.5 cm³/mol. The molecule has 2 aromatic carbocycles. The van der Waals surface area contributed by atoms with Crippen LogP contribution in [0.15, 0.2) is 59.4 Å². The largest absolute Gasteiger partial charge is 0.416 e. The molecule has 0 saturated carbocycles. The Kier molecular flexibility index (Phi) is 4.89. The zero-order chi connectivity index (χ0) is 19.6. The molecule has 1 aromatic heterocycles. The predicted octanol–water partition coefficient (Wildman–Crippen LogP) is 4.21. The number of carbonyl (C=O) groups is 1. The minimum Gasteiger partial charge on any atom is -0.323 e. The first-order valence-corrected chi connectivity index (χ1v) is 8.04. The van der Waals surface area contributed by atoms with Crippen LogP contribution >= 0.6 is 0 Å². The molecule has 0 aliphatic carbocycles. The van der Waals surface area contributed by atoms with Crippen LogP contribution in [0.5, 0.6) is 0 Å². The van der Waals surface area contributed by atoms with Gasteiger partial charge in [0.2, 0.25) is 5.56 Å². The van der Waals surface area contributed by atoms with E-state index >= 15 is 0 Å². The van der Waals surface area contributed by atoms with Crippen LogP contribution in [0.25, 0.3) is 10.9 Å². The molecule has 3 rings (SSSR count). The van der Waals surface area contributed by atoms with E-state index in [1.54, 1.807) is 12.1 Å². The first-order valence-electron chi connectivity index (χ1n) is 8.04. The maximum atomic E-state index is 12.8. The number of alkyl halides is 3. The molecule has 0 fully saturated rings. The van der Waals surface area contributed by atoms with Crippen LogP contribution in [-0.2, 0) is 12.7 Å². The topological polar surface area (TPSA) is 65.2 Å². The zero-order valence-corrected chi connectivity index (χ0v) is 14.3. The summed E-state index contributed by atoms with van der Waals surface area (Å²) in [5.74, 6) is 0. The highest BCUT2D eigenvalue weighted by molar-refractivity contribution is 5.90. The van der Waals surface area contributed by atoms with Crippen molar-refractivity contribution in [3.05, 3.63) is 76.1 Å². The monoisotopic (exact) mass is 375 g/mol. The smallest absolute Gasteiger partial charge is 0.323 e. The van der Waals surface area contributed by atoms with Gasteiger partial charge in [-0.15, -0.1) is 0 Å². The summed E-state index contributed by atoms with van der Waals surface area (Å²) in [6.45, 7) is 0.120. The van der Waals surface area contributed by atoms with Crippen LogP contribution in [0.3, 0.4) is 0 Å². The summed E-state index contributed by atoms with van der Waals surface area (Å²) in [5, 5.41) is 3.23. The molecule has 0 radical (unpaired) electrons. The minimum absolute atomic E-state index is 0.0393. The van der Waals surface area contributed by atoms with Crippen molar-refractivity contribution in [1.82, 2.24) is 9.88 Å². The number of aromatic nitrogens is 1. The third-order valence-electron chi connectivity index (χ3n) is 4.03. The van der Waals surface area contributed by atoms with E-state index in [4.69, 9.17) is 0 Å². The fraction of sp³-hybridized carbons (Fsp3) is 0.158. The van der Waals surface area contributed by atoms with Crippen molar-refractivity contribution in [3.63, 3.8) is 0 Å². The van der Waals surface area contributed by atoms with Crippen LogP contribution < -0.4 is 10.9 Å². The van der Waals surface area contributed by atoms with E-state index in [0.29, 0.717) is 11.1 Å². The summed E-state index contributed by atoms with van der Waals surface area (Å²) in [6.07, 6.45) is -4.49. The van der Waals surface area contributed by atoms with Crippen LogP contribution in [0.2, 0.25) is 0 Å². The van der Waals surface area contributed by atoms with Gasteiger partial charge in [0.25, 0.3) is 0 Å². The normalized spacial score (nSPS) is 11.4. The van der Waals surface area contributed by atoms with Crippen LogP contribution in [0, 0.1) is 0 Å². The average molecular weight is 375 g/mol. The molecule has 5 nitrogen and oxygen atoms in total. The van der Waals surface area contributed by atoms with Gasteiger partial charge >= 0.3 is 12.2 Å². The number of benzene rings is 2. The Balaban J connectivity index is 1.78. The Morgan fingerprint density at radius 3 is 2.59 bits per heavy atom. The number of urea groups is 1. The molecule has 0 unspecified atom stereocenters. The second-order valence-corrected chi connectivity index (χ2v) is 6.07. The Hall–Kier alpha value is -3.29. The summed E-state index contributed by atoms with van der Waals surface area (Å²) in [7, 11) is 1.50. The standard InChI is InChI=1S/C19H16F3N3O2/c1-25(11-12-9-17(26)24-16-8-3-2-7-15(12)16)18(27)23-14-6-4-5-13(10-14)19(20,21)22/h2-10H,11H2,1H3,(H,23,27)(H,24,26). The number of rotatable bonds is 3. The highest BCUT2D eigenvalue weighted by Gasteiger charge is 2.30. The first-order chi connectivity index (χ1) is 12.7. The third-order valence-corrected chi connectivity index (χ3v) is 4.03. The second kappa shape index (κ2) is 7.14. The number of hydrogen-bond donors (Lipinski definition) is 2. The number of carbonyl (C=O) groups excluding carboxylic acids is 1. The molecule has 0 spiro atoms. The van der Waals surface area contributed by atoms with E-state index in [-0.39, 0.29) is 17.8 Å². The third kappa shape index (κ3) is 4.28. The molecule has 2 N–H and O–H groups in total. The zero-order valence-electron chi connectivity index (χ0n) is 14.3. The Morgan fingerprint density at radius 2 is 1.85 bits per heavy atom. The van der Waals surface area contributed by atoms with Crippen molar-refractivity contribution >= 4 is 22.6 Å². The van der Waals surface area contributed by atoms with Crippen molar-refractivity contribution in [2.75, 3.05) is 12.4 Å². The van der Waals surface area contributed by atoms with Gasteiger partial charge in [-0.2, -0.15) is 13.2 Å². The van der Waals surface area contributed by atoms with Crippen molar-refractivity contribution in [1.29, 1.82) is 0 Å². The van der Waals surface area contributed by atoms with E-state index in [1.807, 2.05) is 12.1 Å². The van der Waals surface area contributed by atoms with Crippen LogP contribution in [0.4, 0.5) is 23.7 Å². The van der Waals surface area contributed by atoms with Crippen molar-refractivity contribution in [2.24, 2.45) is 0 Å². The molecule has 0 atom stereocenters. The molecule has 3 aromatic rings. The summed E-state index contributed by atoms with van der Waals surface area (Å²) in [5.41, 5.74) is 0.180. The van der Waals surface area contributed by atoms with Gasteiger partial charge in [0.15, 0.2) is 0 Å². The van der Waals surface area contributed by atoms with Gasteiger partial charge in [0, 0.05) is 36.2 Å². The van der Waals surface area contributed by atoms with Crippen molar-refractivity contribution < 1.29 is 18.0 Å². The maximum absolute atomic E-state index is 12.8. The summed E-state index contributed by atoms with van der Waals surface area (Å²) in [6, 6.07) is 12.4. The van der Waals surface area contributed by atoms with Crippen molar-refractivity contribution in [2.45, 2.75) is 12.7 Å². The van der Waals surface area contributed by atoms with Crippen LogP contribution in [-0.4, -0.2) is 23.0 Å². The quantitative estimate of drug-likeness (QED) is 0.720. The number of nitrogens with one attached hydrogen (secondary N) is 2. The second-order valence-electron chi connectivity index (χ2n) is 6.07. The van der Waals surface area contributed by atoms with E-state index in [1.165, 1.54) is 30.1 Å². The van der Waals surface area contributed by atoms with Gasteiger partial charge in [-0.1, -0.05) is 24.3 Å². The molecule has 0 bridgehead atoms. The highest BCUT2D eigenvalue weighted by atomic mass is 19.4. The number of H-pyrrole nitrogens is 1. The molecule has 140 valence electrons. The summed E-state index contributed by atoms with van der Waals surface area (Å²) < 4.78 is 38.3. The Labute approximate surface area is 152 Å². The fourth-order valence-corrected chi connectivity index (χ4v) is 2.73. The molecule has 0 saturated heterocycles.